The molecule has 0 saturated heterocycles. The summed E-state index contributed by atoms with van der Waals surface area (Å²) in [5.74, 6) is -0.206. The number of ether oxygens (including phenoxy) is 1. The number of pyridine rings is 1. The second kappa shape index (κ2) is 10.5. The van der Waals surface area contributed by atoms with E-state index >= 15 is 0 Å². The molecule has 0 saturated carbocycles. The predicted molar refractivity (Wildman–Crippen MR) is 133 cm³/mol. The Morgan fingerprint density at radius 2 is 2.11 bits per heavy atom. The first kappa shape index (κ1) is 25.3. The number of carbonyl (C=O) groups is 1. The Kier molecular flexibility index (Phi) is 7.59. The van der Waals surface area contributed by atoms with Gasteiger partial charge in [0.2, 0.25) is 10.0 Å². The van der Waals surface area contributed by atoms with Crippen LogP contribution in [0.2, 0.25) is 0 Å². The molecule has 4 rings (SSSR count). The summed E-state index contributed by atoms with van der Waals surface area (Å²) in [7, 11) is -2.21. The molecule has 2 aliphatic rings. The number of benzene rings is 1. The van der Waals surface area contributed by atoms with Crippen LogP contribution in [0.25, 0.3) is 5.57 Å². The van der Waals surface area contributed by atoms with Crippen LogP contribution in [0.1, 0.15) is 49.2 Å². The van der Waals surface area contributed by atoms with Gasteiger partial charge in [-0.1, -0.05) is 25.1 Å². The molecule has 35 heavy (non-hydrogen) atoms. The van der Waals surface area contributed by atoms with E-state index in [0.717, 1.165) is 24.8 Å². The number of aromatic nitrogens is 1. The van der Waals surface area contributed by atoms with Gasteiger partial charge in [-0.2, -0.15) is 4.31 Å². The largest absolute Gasteiger partial charge is 0.487 e. The van der Waals surface area contributed by atoms with E-state index in [-0.39, 0.29) is 42.2 Å². The van der Waals surface area contributed by atoms with Gasteiger partial charge in [0, 0.05) is 31.7 Å². The molecule has 1 aromatic heterocycles. The third kappa shape index (κ3) is 5.27. The van der Waals surface area contributed by atoms with Gasteiger partial charge in [0.1, 0.15) is 22.4 Å². The van der Waals surface area contributed by atoms with Crippen molar-refractivity contribution in [2.24, 2.45) is 5.92 Å². The molecule has 0 spiro atoms. The molecule has 2 aromatic rings. The normalized spacial score (nSPS) is 22.8. The van der Waals surface area contributed by atoms with Gasteiger partial charge in [-0.15, -0.1) is 0 Å². The fourth-order valence-corrected chi connectivity index (χ4v) is 6.44. The SMILES string of the molecule is C[C@@H]1CN([C@@H](C)CO)S(=O)(=O)c2ccc(C3=CCCC3)cc2O[C@H]1CN(C)C(=O)c1ccccn1. The van der Waals surface area contributed by atoms with E-state index in [1.807, 2.05) is 13.0 Å². The topological polar surface area (TPSA) is 100 Å². The minimum Gasteiger partial charge on any atom is -0.487 e. The van der Waals surface area contributed by atoms with Crippen molar-refractivity contribution in [3.63, 3.8) is 0 Å². The van der Waals surface area contributed by atoms with E-state index in [4.69, 9.17) is 4.74 Å². The fraction of sp³-hybridized carbons (Fsp3) is 0.462. The number of nitrogens with zero attached hydrogens (tertiary/aromatic N) is 3. The van der Waals surface area contributed by atoms with Gasteiger partial charge in [-0.05, 0) is 61.6 Å². The number of aliphatic hydroxyl groups excluding tert-OH is 1. The van der Waals surface area contributed by atoms with Gasteiger partial charge < -0.3 is 14.7 Å². The van der Waals surface area contributed by atoms with Crippen molar-refractivity contribution in [1.82, 2.24) is 14.2 Å². The minimum absolute atomic E-state index is 0.0794. The van der Waals surface area contributed by atoms with Crippen LogP contribution in [0.4, 0.5) is 0 Å². The molecule has 1 N–H and O–H groups in total. The molecular formula is C26H33N3O5S. The van der Waals surface area contributed by atoms with Gasteiger partial charge in [-0.25, -0.2) is 8.42 Å². The van der Waals surface area contributed by atoms with Gasteiger partial charge in [0.15, 0.2) is 0 Å². The number of aliphatic hydroxyl groups is 1. The van der Waals surface area contributed by atoms with Crippen LogP contribution < -0.4 is 4.74 Å². The van der Waals surface area contributed by atoms with Gasteiger partial charge >= 0.3 is 0 Å². The standard InChI is InChI=1S/C26H33N3O5S/c1-18-15-29(19(2)17-30)35(32,33)25-12-11-21(20-8-4-5-9-20)14-23(25)34-24(18)16-28(3)26(31)22-10-6-7-13-27-22/h6-8,10-14,18-19,24,30H,4-5,9,15-17H2,1-3H3/t18-,19+,24+/m1/s1. The Labute approximate surface area is 207 Å². The molecule has 1 aliphatic carbocycles. The molecule has 1 amide bonds. The van der Waals surface area contributed by atoms with Crippen LogP contribution in [0.3, 0.4) is 0 Å². The van der Waals surface area contributed by atoms with Crippen LogP contribution in [0, 0.1) is 5.92 Å². The smallest absolute Gasteiger partial charge is 0.272 e. The zero-order chi connectivity index (χ0) is 25.2. The Morgan fingerprint density at radius 3 is 2.77 bits per heavy atom. The second-order valence-electron chi connectivity index (χ2n) is 9.42. The maximum atomic E-state index is 13.6. The summed E-state index contributed by atoms with van der Waals surface area (Å²) in [5, 5.41) is 9.81. The summed E-state index contributed by atoms with van der Waals surface area (Å²) < 4.78 is 35.0. The average molecular weight is 500 g/mol. The first-order valence-corrected chi connectivity index (χ1v) is 13.5. The monoisotopic (exact) mass is 499 g/mol. The van der Waals surface area contributed by atoms with Crippen molar-refractivity contribution >= 4 is 21.5 Å². The Bertz CT molecular complexity index is 1200. The molecule has 9 heteroatoms. The van der Waals surface area contributed by atoms with Crippen LogP contribution in [-0.2, 0) is 10.0 Å². The molecule has 0 bridgehead atoms. The quantitative estimate of drug-likeness (QED) is 0.655. The zero-order valence-corrected chi connectivity index (χ0v) is 21.2. The van der Waals surface area contributed by atoms with Gasteiger partial charge in [0.25, 0.3) is 5.91 Å². The lowest BCUT2D eigenvalue weighted by Crippen LogP contribution is -2.50. The van der Waals surface area contributed by atoms with Crippen LogP contribution in [-0.4, -0.2) is 72.5 Å². The molecule has 0 radical (unpaired) electrons. The third-order valence-corrected chi connectivity index (χ3v) is 8.78. The molecule has 1 aromatic carbocycles. The lowest BCUT2D eigenvalue weighted by Gasteiger charge is -2.37. The Hall–Kier alpha value is -2.75. The number of allylic oxidation sites excluding steroid dienone is 2. The van der Waals surface area contributed by atoms with E-state index in [0.29, 0.717) is 5.69 Å². The van der Waals surface area contributed by atoms with E-state index in [1.54, 1.807) is 55.4 Å². The van der Waals surface area contributed by atoms with Gasteiger partial charge in [-0.3, -0.25) is 9.78 Å². The summed E-state index contributed by atoms with van der Waals surface area (Å²) >= 11 is 0. The molecule has 0 fully saturated rings. The van der Waals surface area contributed by atoms with Crippen molar-refractivity contribution in [2.45, 2.75) is 50.2 Å². The zero-order valence-electron chi connectivity index (χ0n) is 20.4. The number of hydrogen-bond donors (Lipinski definition) is 1. The van der Waals surface area contributed by atoms with Crippen LogP contribution >= 0.6 is 0 Å². The van der Waals surface area contributed by atoms with Crippen molar-refractivity contribution in [2.75, 3.05) is 26.7 Å². The number of hydrogen-bond acceptors (Lipinski definition) is 6. The maximum absolute atomic E-state index is 13.6. The average Bonchev–Trinajstić information content (AvgIpc) is 3.40. The number of fused-ring (bicyclic) bond motifs is 1. The number of amides is 1. The first-order valence-electron chi connectivity index (χ1n) is 12.0. The van der Waals surface area contributed by atoms with Crippen LogP contribution in [0.15, 0.2) is 53.6 Å². The Balaban J connectivity index is 1.72. The summed E-state index contributed by atoms with van der Waals surface area (Å²) in [4.78, 5) is 18.7. The summed E-state index contributed by atoms with van der Waals surface area (Å²) in [5.41, 5.74) is 2.47. The van der Waals surface area contributed by atoms with Gasteiger partial charge in [0.05, 0.1) is 13.2 Å². The number of likely N-dealkylation sites (N-methyl/N-ethyl adjacent to an activating group) is 1. The maximum Gasteiger partial charge on any atom is 0.272 e. The van der Waals surface area contributed by atoms with E-state index in [1.165, 1.54) is 9.88 Å². The van der Waals surface area contributed by atoms with Crippen LogP contribution in [0.5, 0.6) is 5.75 Å². The highest BCUT2D eigenvalue weighted by molar-refractivity contribution is 7.89. The Morgan fingerprint density at radius 1 is 1.31 bits per heavy atom. The van der Waals surface area contributed by atoms with E-state index in [2.05, 4.69) is 11.1 Å². The molecule has 0 unspecified atom stereocenters. The highest BCUT2D eigenvalue weighted by atomic mass is 32.2. The summed E-state index contributed by atoms with van der Waals surface area (Å²) in [6.07, 6.45) is 6.31. The molecule has 8 nitrogen and oxygen atoms in total. The molecule has 188 valence electrons. The lowest BCUT2D eigenvalue weighted by atomic mass is 10.0. The van der Waals surface area contributed by atoms with E-state index in [9.17, 15) is 18.3 Å². The number of rotatable bonds is 6. The summed E-state index contributed by atoms with van der Waals surface area (Å²) in [6, 6.07) is 9.81. The van der Waals surface area contributed by atoms with Crippen molar-refractivity contribution in [3.05, 3.63) is 59.9 Å². The molecule has 1 aliphatic heterocycles. The molecule has 2 heterocycles. The van der Waals surface area contributed by atoms with Crippen molar-refractivity contribution in [1.29, 1.82) is 0 Å². The lowest BCUT2D eigenvalue weighted by molar-refractivity contribution is 0.0559. The van der Waals surface area contributed by atoms with Crippen molar-refractivity contribution < 1.29 is 23.1 Å². The molecular weight excluding hydrogens is 466 g/mol. The number of sulfonamides is 1. The fourth-order valence-electron chi connectivity index (χ4n) is 4.61. The highest BCUT2D eigenvalue weighted by Crippen LogP contribution is 2.37. The minimum atomic E-state index is -3.90. The first-order chi connectivity index (χ1) is 16.7. The third-order valence-electron chi connectivity index (χ3n) is 6.76. The molecule has 3 atom stereocenters. The predicted octanol–water partition coefficient (Wildman–Crippen LogP) is 3.19. The highest BCUT2D eigenvalue weighted by Gasteiger charge is 2.38. The summed E-state index contributed by atoms with van der Waals surface area (Å²) in [6.45, 7) is 3.72. The van der Waals surface area contributed by atoms with E-state index < -0.39 is 22.2 Å². The van der Waals surface area contributed by atoms with Crippen molar-refractivity contribution in [3.8, 4) is 5.75 Å². The second-order valence-corrected chi connectivity index (χ2v) is 11.3. The number of carbonyl (C=O) groups excluding carboxylic acids is 1.